The first kappa shape index (κ1) is 19.2. The van der Waals surface area contributed by atoms with Gasteiger partial charge in [-0.25, -0.2) is 0 Å². The molecule has 0 aliphatic heterocycles. The third-order valence-electron chi connectivity index (χ3n) is 4.09. The van der Waals surface area contributed by atoms with Gasteiger partial charge in [-0.15, -0.1) is 0 Å². The molecule has 1 atom stereocenters. The Labute approximate surface area is 144 Å². The third-order valence-corrected chi connectivity index (χ3v) is 4.09. The van der Waals surface area contributed by atoms with Crippen LogP contribution < -0.4 is 5.48 Å². The van der Waals surface area contributed by atoms with E-state index in [1.165, 1.54) is 12.1 Å². The van der Waals surface area contributed by atoms with Crippen LogP contribution in [0.4, 0.5) is 13.2 Å². The zero-order valence-corrected chi connectivity index (χ0v) is 14.5. The number of benzene rings is 1. The van der Waals surface area contributed by atoms with Crippen LogP contribution >= 0.6 is 0 Å². The van der Waals surface area contributed by atoms with E-state index in [2.05, 4.69) is 10.5 Å². The van der Waals surface area contributed by atoms with Gasteiger partial charge in [0.1, 0.15) is 5.75 Å². The van der Waals surface area contributed by atoms with Crippen molar-refractivity contribution in [3.05, 3.63) is 57.9 Å². The van der Waals surface area contributed by atoms with E-state index in [9.17, 15) is 18.3 Å². The summed E-state index contributed by atoms with van der Waals surface area (Å²) in [5, 5.41) is 10.3. The van der Waals surface area contributed by atoms with Gasteiger partial charge in [-0.1, -0.05) is 12.1 Å². The van der Waals surface area contributed by atoms with Crippen molar-refractivity contribution >= 4 is 0 Å². The fourth-order valence-electron chi connectivity index (χ4n) is 2.56. The van der Waals surface area contributed by atoms with Gasteiger partial charge in [0.25, 0.3) is 0 Å². The van der Waals surface area contributed by atoms with E-state index in [1.54, 1.807) is 13.8 Å². The highest BCUT2D eigenvalue weighted by Gasteiger charge is 2.29. The van der Waals surface area contributed by atoms with Crippen molar-refractivity contribution in [3.63, 3.8) is 0 Å². The maximum absolute atomic E-state index is 12.5. The molecule has 0 amide bonds. The lowest BCUT2D eigenvalue weighted by atomic mass is 10.0. The Morgan fingerprint density at radius 2 is 1.72 bits per heavy atom. The van der Waals surface area contributed by atoms with Crippen LogP contribution in [0.15, 0.2) is 24.3 Å². The molecule has 1 aromatic heterocycles. The molecular formula is C18H21F3N2O2. The van der Waals surface area contributed by atoms with Crippen molar-refractivity contribution in [1.82, 2.24) is 10.5 Å². The summed E-state index contributed by atoms with van der Waals surface area (Å²) >= 11 is 0. The predicted molar refractivity (Wildman–Crippen MR) is 87.9 cm³/mol. The van der Waals surface area contributed by atoms with Crippen molar-refractivity contribution in [2.75, 3.05) is 0 Å². The van der Waals surface area contributed by atoms with Crippen molar-refractivity contribution < 1.29 is 23.1 Å². The predicted octanol–water partition coefficient (Wildman–Crippen LogP) is 4.51. The number of aromatic nitrogens is 1. The average molecular weight is 354 g/mol. The first-order chi connectivity index (χ1) is 11.6. The van der Waals surface area contributed by atoms with E-state index in [4.69, 9.17) is 4.84 Å². The molecule has 136 valence electrons. The summed E-state index contributed by atoms with van der Waals surface area (Å²) in [5.74, 6) is 0.170. The van der Waals surface area contributed by atoms with Crippen LogP contribution in [0.25, 0.3) is 0 Å². The van der Waals surface area contributed by atoms with E-state index >= 15 is 0 Å². The number of aryl methyl sites for hydroxylation is 2. The van der Waals surface area contributed by atoms with E-state index in [1.807, 2.05) is 13.8 Å². The fourth-order valence-corrected chi connectivity index (χ4v) is 2.56. The zero-order chi connectivity index (χ0) is 18.8. The minimum Gasteiger partial charge on any atom is -0.507 e. The number of hydrogen-bond donors (Lipinski definition) is 2. The monoisotopic (exact) mass is 354 g/mol. The number of rotatable bonds is 5. The van der Waals surface area contributed by atoms with Crippen LogP contribution in [0, 0.1) is 20.8 Å². The first-order valence-corrected chi connectivity index (χ1v) is 7.81. The average Bonchev–Trinajstić information content (AvgIpc) is 2.52. The maximum atomic E-state index is 12.5. The van der Waals surface area contributed by atoms with Crippen LogP contribution in [-0.2, 0) is 17.6 Å². The third kappa shape index (κ3) is 4.49. The van der Waals surface area contributed by atoms with E-state index in [0.29, 0.717) is 22.4 Å². The van der Waals surface area contributed by atoms with Gasteiger partial charge in [-0.2, -0.15) is 18.7 Å². The molecule has 0 radical (unpaired) electrons. The standard InChI is InChI=1S/C18H21F3N2O2/c1-10-11(2)22-12(3)16(17(10)24)13(4)23-25-9-14-5-7-15(8-6-14)18(19,20)21/h5-8,13,23H,9H2,1-4H3,(H,22,24). The molecule has 7 heteroatoms. The van der Waals surface area contributed by atoms with Crippen LogP contribution in [-0.4, -0.2) is 10.1 Å². The molecule has 0 spiro atoms. The molecule has 1 aromatic carbocycles. The highest BCUT2D eigenvalue weighted by atomic mass is 19.4. The molecule has 1 unspecified atom stereocenters. The Hall–Kier alpha value is -2.12. The lowest BCUT2D eigenvalue weighted by Gasteiger charge is -2.19. The molecule has 0 aliphatic carbocycles. The van der Waals surface area contributed by atoms with Crippen LogP contribution in [0.1, 0.15) is 46.6 Å². The summed E-state index contributed by atoms with van der Waals surface area (Å²) in [7, 11) is 0. The number of pyridine rings is 1. The molecule has 0 fully saturated rings. The quantitative estimate of drug-likeness (QED) is 0.776. The molecule has 2 rings (SSSR count). The van der Waals surface area contributed by atoms with E-state index in [-0.39, 0.29) is 18.4 Å². The lowest BCUT2D eigenvalue weighted by Crippen LogP contribution is -2.21. The zero-order valence-electron chi connectivity index (χ0n) is 14.5. The fraction of sp³-hybridized carbons (Fsp3) is 0.389. The van der Waals surface area contributed by atoms with Crippen LogP contribution in [0.5, 0.6) is 5.75 Å². The van der Waals surface area contributed by atoms with Crippen LogP contribution in [0.3, 0.4) is 0 Å². The molecule has 2 N–H and O–H groups in total. The Kier molecular flexibility index (Phi) is 5.69. The van der Waals surface area contributed by atoms with Gasteiger partial charge in [-0.05, 0) is 45.4 Å². The minimum absolute atomic E-state index is 0.0978. The highest BCUT2D eigenvalue weighted by molar-refractivity contribution is 5.45. The Morgan fingerprint density at radius 3 is 2.28 bits per heavy atom. The van der Waals surface area contributed by atoms with E-state index < -0.39 is 11.7 Å². The van der Waals surface area contributed by atoms with Crippen LogP contribution in [0.2, 0.25) is 0 Å². The second-order valence-corrected chi connectivity index (χ2v) is 5.99. The van der Waals surface area contributed by atoms with Crippen molar-refractivity contribution in [2.24, 2.45) is 0 Å². The molecule has 4 nitrogen and oxygen atoms in total. The molecule has 25 heavy (non-hydrogen) atoms. The Bertz CT molecular complexity index is 743. The minimum atomic E-state index is -4.35. The van der Waals surface area contributed by atoms with E-state index in [0.717, 1.165) is 17.8 Å². The Morgan fingerprint density at radius 1 is 1.12 bits per heavy atom. The molecule has 1 heterocycles. The second-order valence-electron chi connectivity index (χ2n) is 5.99. The van der Waals surface area contributed by atoms with Gasteiger partial charge < -0.3 is 5.11 Å². The number of nitrogens with zero attached hydrogens (tertiary/aromatic N) is 1. The molecular weight excluding hydrogens is 333 g/mol. The number of halogens is 3. The van der Waals surface area contributed by atoms with Crippen molar-refractivity contribution in [2.45, 2.75) is 46.5 Å². The first-order valence-electron chi connectivity index (χ1n) is 7.81. The summed E-state index contributed by atoms with van der Waals surface area (Å²) in [6.45, 7) is 7.32. The molecule has 2 aromatic rings. The van der Waals surface area contributed by atoms with Crippen molar-refractivity contribution in [3.8, 4) is 5.75 Å². The van der Waals surface area contributed by atoms with Gasteiger partial charge in [0.15, 0.2) is 0 Å². The van der Waals surface area contributed by atoms with Gasteiger partial charge >= 0.3 is 6.18 Å². The highest BCUT2D eigenvalue weighted by Crippen LogP contribution is 2.31. The maximum Gasteiger partial charge on any atom is 0.416 e. The summed E-state index contributed by atoms with van der Waals surface area (Å²) in [5.41, 5.74) is 5.50. The molecule has 0 saturated carbocycles. The van der Waals surface area contributed by atoms with Gasteiger partial charge in [-0.3, -0.25) is 9.82 Å². The second kappa shape index (κ2) is 7.41. The normalized spacial score (nSPS) is 13.1. The SMILES string of the molecule is Cc1nc(C)c(C(C)NOCc2ccc(C(F)(F)F)cc2)c(O)c1C. The number of nitrogens with one attached hydrogen (secondary N) is 1. The number of hydroxylamine groups is 1. The summed E-state index contributed by atoms with van der Waals surface area (Å²) in [4.78, 5) is 9.76. The Balaban J connectivity index is 1.99. The lowest BCUT2D eigenvalue weighted by molar-refractivity contribution is -0.137. The molecule has 0 bridgehead atoms. The number of hydrogen-bond acceptors (Lipinski definition) is 4. The summed E-state index contributed by atoms with van der Waals surface area (Å²) < 4.78 is 37.6. The summed E-state index contributed by atoms with van der Waals surface area (Å²) in [6, 6.07) is 4.45. The van der Waals surface area contributed by atoms with Gasteiger partial charge in [0.2, 0.25) is 0 Å². The topological polar surface area (TPSA) is 54.4 Å². The summed E-state index contributed by atoms with van der Waals surface area (Å²) in [6.07, 6.45) is -4.35. The number of aromatic hydroxyl groups is 1. The van der Waals surface area contributed by atoms with Gasteiger partial charge in [0, 0.05) is 22.5 Å². The number of alkyl halides is 3. The molecule has 0 aliphatic rings. The smallest absolute Gasteiger partial charge is 0.416 e. The molecule has 0 saturated heterocycles. The van der Waals surface area contributed by atoms with Crippen molar-refractivity contribution in [1.29, 1.82) is 0 Å². The van der Waals surface area contributed by atoms with Gasteiger partial charge in [0.05, 0.1) is 18.2 Å². The largest absolute Gasteiger partial charge is 0.507 e.